The van der Waals surface area contributed by atoms with Crippen LogP contribution in [0.5, 0.6) is 11.5 Å². The van der Waals surface area contributed by atoms with Gasteiger partial charge in [0, 0.05) is 19.6 Å². The molecule has 0 aliphatic carbocycles. The Kier molecular flexibility index (Phi) is 5.77. The second-order valence-corrected chi connectivity index (χ2v) is 8.02. The third-order valence-electron chi connectivity index (χ3n) is 4.64. The van der Waals surface area contributed by atoms with Gasteiger partial charge in [0.25, 0.3) is 5.91 Å². The third kappa shape index (κ3) is 5.28. The number of fused-ring (bicyclic) bond motifs is 1. The number of piperidine rings is 1. The highest BCUT2D eigenvalue weighted by molar-refractivity contribution is 5.82. The molecule has 1 aromatic rings. The molecule has 1 N–H and O–H groups in total. The molecule has 2 heterocycles. The SMILES string of the molecule is CC(C)(C)OC(=O)NCC1CCN(C(=O)[C@@H]2COc3ccccc3O2)CC1. The van der Waals surface area contributed by atoms with Gasteiger partial charge in [0.2, 0.25) is 6.10 Å². The van der Waals surface area contributed by atoms with E-state index < -0.39 is 17.8 Å². The molecule has 2 aliphatic rings. The first-order valence-corrected chi connectivity index (χ1v) is 9.46. The predicted octanol–water partition coefficient (Wildman–Crippen LogP) is 2.59. The van der Waals surface area contributed by atoms with Crippen molar-refractivity contribution >= 4 is 12.0 Å². The first kappa shape index (κ1) is 19.3. The maximum Gasteiger partial charge on any atom is 0.407 e. The number of hydrogen-bond donors (Lipinski definition) is 1. The number of benzene rings is 1. The quantitative estimate of drug-likeness (QED) is 0.877. The Morgan fingerprint density at radius 2 is 1.85 bits per heavy atom. The number of amides is 2. The van der Waals surface area contributed by atoms with Gasteiger partial charge in [-0.1, -0.05) is 12.1 Å². The van der Waals surface area contributed by atoms with E-state index in [1.54, 1.807) is 0 Å². The second kappa shape index (κ2) is 8.06. The van der Waals surface area contributed by atoms with Crippen LogP contribution >= 0.6 is 0 Å². The Morgan fingerprint density at radius 3 is 2.52 bits per heavy atom. The van der Waals surface area contributed by atoms with Gasteiger partial charge in [-0.25, -0.2) is 4.79 Å². The van der Waals surface area contributed by atoms with Crippen LogP contribution < -0.4 is 14.8 Å². The van der Waals surface area contributed by atoms with Crippen molar-refractivity contribution in [2.45, 2.75) is 45.3 Å². The minimum absolute atomic E-state index is 0.0388. The summed E-state index contributed by atoms with van der Waals surface area (Å²) < 4.78 is 16.7. The van der Waals surface area contributed by atoms with Crippen LogP contribution in [0.25, 0.3) is 0 Å². The lowest BCUT2D eigenvalue weighted by Crippen LogP contribution is -2.49. The predicted molar refractivity (Wildman–Crippen MR) is 99.9 cm³/mol. The van der Waals surface area contributed by atoms with E-state index in [1.807, 2.05) is 49.9 Å². The summed E-state index contributed by atoms with van der Waals surface area (Å²) in [7, 11) is 0. The monoisotopic (exact) mass is 376 g/mol. The highest BCUT2D eigenvalue weighted by atomic mass is 16.6. The number of likely N-dealkylation sites (tertiary alicyclic amines) is 1. The molecule has 0 aromatic heterocycles. The molecule has 2 amide bonds. The molecule has 27 heavy (non-hydrogen) atoms. The fourth-order valence-corrected chi connectivity index (χ4v) is 3.24. The summed E-state index contributed by atoms with van der Waals surface area (Å²) in [4.78, 5) is 26.3. The summed E-state index contributed by atoms with van der Waals surface area (Å²) in [6.45, 7) is 7.62. The fraction of sp³-hybridized carbons (Fsp3) is 0.600. The molecule has 0 unspecified atom stereocenters. The number of rotatable bonds is 3. The Bertz CT molecular complexity index is 677. The number of carbonyl (C=O) groups is 2. The number of nitrogens with one attached hydrogen (secondary N) is 1. The van der Waals surface area contributed by atoms with E-state index in [4.69, 9.17) is 14.2 Å². The van der Waals surface area contributed by atoms with Gasteiger partial charge < -0.3 is 24.4 Å². The van der Waals surface area contributed by atoms with Crippen molar-refractivity contribution in [1.29, 1.82) is 0 Å². The summed E-state index contributed by atoms with van der Waals surface area (Å²) >= 11 is 0. The van der Waals surface area contributed by atoms with Gasteiger partial charge in [-0.3, -0.25) is 4.79 Å². The molecule has 0 bridgehead atoms. The lowest BCUT2D eigenvalue weighted by molar-refractivity contribution is -0.142. The standard InChI is InChI=1S/C20H28N2O5/c1-20(2,3)27-19(24)21-12-14-8-10-22(11-9-14)18(23)17-13-25-15-6-4-5-7-16(15)26-17/h4-7,14,17H,8-13H2,1-3H3,(H,21,24)/t17-/m0/s1. The Balaban J connectivity index is 1.43. The van der Waals surface area contributed by atoms with Crippen molar-refractivity contribution in [3.05, 3.63) is 24.3 Å². The molecule has 1 fully saturated rings. The van der Waals surface area contributed by atoms with Gasteiger partial charge in [-0.2, -0.15) is 0 Å². The molecule has 7 nitrogen and oxygen atoms in total. The van der Waals surface area contributed by atoms with E-state index in [0.717, 1.165) is 12.8 Å². The normalized spacial score (nSPS) is 20.1. The maximum atomic E-state index is 12.7. The third-order valence-corrected chi connectivity index (χ3v) is 4.64. The van der Waals surface area contributed by atoms with Crippen molar-refractivity contribution in [3.8, 4) is 11.5 Å². The summed E-state index contributed by atoms with van der Waals surface area (Å²) in [6.07, 6.45) is 0.681. The molecular formula is C20H28N2O5. The largest absolute Gasteiger partial charge is 0.485 e. The molecule has 1 saturated heterocycles. The lowest BCUT2D eigenvalue weighted by Gasteiger charge is -2.35. The Morgan fingerprint density at radius 1 is 1.19 bits per heavy atom. The minimum Gasteiger partial charge on any atom is -0.485 e. The minimum atomic E-state index is -0.601. The van der Waals surface area contributed by atoms with Crippen LogP contribution in [-0.4, -0.2) is 54.8 Å². The first-order valence-electron chi connectivity index (χ1n) is 9.46. The van der Waals surface area contributed by atoms with Crippen LogP contribution in [0.4, 0.5) is 4.79 Å². The van der Waals surface area contributed by atoms with E-state index >= 15 is 0 Å². The summed E-state index contributed by atoms with van der Waals surface area (Å²) in [6, 6.07) is 7.38. The van der Waals surface area contributed by atoms with Crippen molar-refractivity contribution in [3.63, 3.8) is 0 Å². The highest BCUT2D eigenvalue weighted by Crippen LogP contribution is 2.31. The van der Waals surface area contributed by atoms with Crippen molar-refractivity contribution in [1.82, 2.24) is 10.2 Å². The molecule has 7 heteroatoms. The zero-order valence-electron chi connectivity index (χ0n) is 16.2. The second-order valence-electron chi connectivity index (χ2n) is 8.02. The average Bonchev–Trinajstić information content (AvgIpc) is 2.64. The zero-order valence-corrected chi connectivity index (χ0v) is 16.2. The highest BCUT2D eigenvalue weighted by Gasteiger charge is 2.33. The van der Waals surface area contributed by atoms with E-state index in [2.05, 4.69) is 5.32 Å². The van der Waals surface area contributed by atoms with Crippen molar-refractivity contribution in [2.24, 2.45) is 5.92 Å². The lowest BCUT2D eigenvalue weighted by atomic mass is 9.96. The molecule has 0 saturated carbocycles. The number of para-hydroxylation sites is 2. The van der Waals surface area contributed by atoms with Crippen LogP contribution in [0.15, 0.2) is 24.3 Å². The van der Waals surface area contributed by atoms with E-state index in [9.17, 15) is 9.59 Å². The number of hydrogen-bond acceptors (Lipinski definition) is 5. The first-order chi connectivity index (χ1) is 12.8. The van der Waals surface area contributed by atoms with E-state index in [-0.39, 0.29) is 12.5 Å². The van der Waals surface area contributed by atoms with Crippen LogP contribution in [0.3, 0.4) is 0 Å². The van der Waals surface area contributed by atoms with E-state index in [1.165, 1.54) is 0 Å². The average molecular weight is 376 g/mol. The van der Waals surface area contributed by atoms with Crippen LogP contribution in [0.1, 0.15) is 33.6 Å². The van der Waals surface area contributed by atoms with Gasteiger partial charge in [0.15, 0.2) is 11.5 Å². The number of nitrogens with zero attached hydrogens (tertiary/aromatic N) is 1. The Labute approximate surface area is 160 Å². The number of alkyl carbamates (subject to hydrolysis) is 1. The van der Waals surface area contributed by atoms with Crippen molar-refractivity contribution < 1.29 is 23.8 Å². The molecule has 0 radical (unpaired) electrons. The van der Waals surface area contributed by atoms with Crippen LogP contribution in [0.2, 0.25) is 0 Å². The molecule has 148 valence electrons. The van der Waals surface area contributed by atoms with Gasteiger partial charge >= 0.3 is 6.09 Å². The van der Waals surface area contributed by atoms with Gasteiger partial charge in [0.05, 0.1) is 0 Å². The smallest absolute Gasteiger partial charge is 0.407 e. The summed E-state index contributed by atoms with van der Waals surface area (Å²) in [5.41, 5.74) is -0.499. The molecular weight excluding hydrogens is 348 g/mol. The zero-order chi connectivity index (χ0) is 19.4. The summed E-state index contributed by atoms with van der Waals surface area (Å²) in [5, 5.41) is 2.82. The van der Waals surface area contributed by atoms with Gasteiger partial charge in [-0.05, 0) is 51.7 Å². The molecule has 3 rings (SSSR count). The molecule has 1 atom stereocenters. The molecule has 0 spiro atoms. The number of ether oxygens (including phenoxy) is 3. The Hall–Kier alpha value is -2.44. The molecule has 1 aromatic carbocycles. The van der Waals surface area contributed by atoms with Gasteiger partial charge in [0.1, 0.15) is 12.2 Å². The topological polar surface area (TPSA) is 77.1 Å². The maximum absolute atomic E-state index is 12.7. The van der Waals surface area contributed by atoms with Crippen LogP contribution in [0, 0.1) is 5.92 Å². The molecule has 2 aliphatic heterocycles. The van der Waals surface area contributed by atoms with E-state index in [0.29, 0.717) is 37.1 Å². The van der Waals surface area contributed by atoms with Gasteiger partial charge in [-0.15, -0.1) is 0 Å². The summed E-state index contributed by atoms with van der Waals surface area (Å²) in [5.74, 6) is 1.58. The van der Waals surface area contributed by atoms with Crippen molar-refractivity contribution in [2.75, 3.05) is 26.2 Å². The van der Waals surface area contributed by atoms with Crippen LogP contribution in [-0.2, 0) is 9.53 Å². The fourth-order valence-electron chi connectivity index (χ4n) is 3.24. The number of carbonyl (C=O) groups excluding carboxylic acids is 2.